The summed E-state index contributed by atoms with van der Waals surface area (Å²) >= 11 is 2.96. The third-order valence-corrected chi connectivity index (χ3v) is 1.68. The van der Waals surface area contributed by atoms with E-state index in [0.29, 0.717) is 4.47 Å². The predicted octanol–water partition coefficient (Wildman–Crippen LogP) is 1.48. The molecule has 0 aliphatic rings. The van der Waals surface area contributed by atoms with E-state index in [2.05, 4.69) is 20.9 Å². The normalized spacial score (nSPS) is 9.90. The second-order valence-corrected chi connectivity index (χ2v) is 2.57. The Morgan fingerprint density at radius 2 is 2.40 bits per heavy atom. The van der Waals surface area contributed by atoms with Crippen LogP contribution >= 0.6 is 15.9 Å². The highest BCUT2D eigenvalue weighted by molar-refractivity contribution is 9.10. The quantitative estimate of drug-likeness (QED) is 0.754. The lowest BCUT2D eigenvalue weighted by molar-refractivity contribution is 0.269. The SMILES string of the molecule is OCc1nccc(Br)c1F. The van der Waals surface area contributed by atoms with Gasteiger partial charge < -0.3 is 5.11 Å². The second-order valence-electron chi connectivity index (χ2n) is 1.71. The Bertz CT molecular complexity index is 241. The molecule has 0 aliphatic heterocycles. The molecule has 0 saturated heterocycles. The van der Waals surface area contributed by atoms with Gasteiger partial charge >= 0.3 is 0 Å². The van der Waals surface area contributed by atoms with Crippen molar-refractivity contribution in [2.24, 2.45) is 0 Å². The minimum absolute atomic E-state index is 0.0642. The van der Waals surface area contributed by atoms with E-state index in [9.17, 15) is 4.39 Å². The van der Waals surface area contributed by atoms with Crippen molar-refractivity contribution in [3.8, 4) is 0 Å². The Kier molecular flexibility index (Phi) is 2.34. The van der Waals surface area contributed by atoms with Gasteiger partial charge in [-0.25, -0.2) is 4.39 Å². The third-order valence-electron chi connectivity index (χ3n) is 1.06. The van der Waals surface area contributed by atoms with Gasteiger partial charge in [0.15, 0.2) is 5.82 Å². The predicted molar refractivity (Wildman–Crippen MR) is 37.8 cm³/mol. The molecule has 0 radical (unpaired) electrons. The van der Waals surface area contributed by atoms with E-state index < -0.39 is 5.82 Å². The van der Waals surface area contributed by atoms with Crippen molar-refractivity contribution in [3.05, 3.63) is 28.2 Å². The van der Waals surface area contributed by atoms with E-state index >= 15 is 0 Å². The van der Waals surface area contributed by atoms with Crippen molar-refractivity contribution in [1.82, 2.24) is 4.98 Å². The van der Waals surface area contributed by atoms with Crippen molar-refractivity contribution < 1.29 is 9.50 Å². The fourth-order valence-corrected chi connectivity index (χ4v) is 0.918. The van der Waals surface area contributed by atoms with Crippen LogP contribution in [0.3, 0.4) is 0 Å². The molecule has 0 aliphatic carbocycles. The maximum absolute atomic E-state index is 12.7. The van der Waals surface area contributed by atoms with Gasteiger partial charge in [-0.05, 0) is 22.0 Å². The number of aliphatic hydroxyl groups is 1. The average molecular weight is 206 g/mol. The molecule has 0 saturated carbocycles. The molecule has 4 heteroatoms. The maximum Gasteiger partial charge on any atom is 0.161 e. The second kappa shape index (κ2) is 3.07. The van der Waals surface area contributed by atoms with Crippen molar-refractivity contribution in [3.63, 3.8) is 0 Å². The summed E-state index contributed by atoms with van der Waals surface area (Å²) in [6.45, 7) is -0.370. The molecule has 10 heavy (non-hydrogen) atoms. The zero-order chi connectivity index (χ0) is 7.56. The lowest BCUT2D eigenvalue weighted by Crippen LogP contribution is -1.93. The first-order valence-corrected chi connectivity index (χ1v) is 3.44. The van der Waals surface area contributed by atoms with Gasteiger partial charge in [0.25, 0.3) is 0 Å². The molecule has 0 bridgehead atoms. The van der Waals surface area contributed by atoms with Crippen molar-refractivity contribution in [2.45, 2.75) is 6.61 Å². The summed E-state index contributed by atoms with van der Waals surface area (Å²) < 4.78 is 13.1. The van der Waals surface area contributed by atoms with Crippen molar-refractivity contribution in [1.29, 1.82) is 0 Å². The van der Waals surface area contributed by atoms with E-state index in [1.54, 1.807) is 0 Å². The lowest BCUT2D eigenvalue weighted by atomic mass is 10.3. The van der Waals surface area contributed by atoms with Crippen LogP contribution < -0.4 is 0 Å². The number of rotatable bonds is 1. The van der Waals surface area contributed by atoms with Crippen LogP contribution in [-0.2, 0) is 6.61 Å². The minimum Gasteiger partial charge on any atom is -0.390 e. The van der Waals surface area contributed by atoms with Gasteiger partial charge in [0.1, 0.15) is 5.69 Å². The maximum atomic E-state index is 12.7. The first-order chi connectivity index (χ1) is 4.75. The van der Waals surface area contributed by atoms with E-state index in [-0.39, 0.29) is 12.3 Å². The van der Waals surface area contributed by atoms with Crippen LogP contribution in [0.25, 0.3) is 0 Å². The van der Waals surface area contributed by atoms with E-state index in [4.69, 9.17) is 5.11 Å². The fraction of sp³-hybridized carbons (Fsp3) is 0.167. The van der Waals surface area contributed by atoms with Crippen LogP contribution in [0.4, 0.5) is 4.39 Å². The highest BCUT2D eigenvalue weighted by Crippen LogP contribution is 2.15. The summed E-state index contributed by atoms with van der Waals surface area (Å²) in [7, 11) is 0. The molecule has 0 unspecified atom stereocenters. The van der Waals surface area contributed by atoms with Gasteiger partial charge in [0.05, 0.1) is 11.1 Å². The summed E-state index contributed by atoms with van der Waals surface area (Å²) in [5.41, 5.74) is 0.0642. The van der Waals surface area contributed by atoms with Gasteiger partial charge in [0.2, 0.25) is 0 Å². The monoisotopic (exact) mass is 205 g/mol. The Morgan fingerprint density at radius 3 is 2.90 bits per heavy atom. The van der Waals surface area contributed by atoms with Crippen LogP contribution in [-0.4, -0.2) is 10.1 Å². The number of pyridine rings is 1. The van der Waals surface area contributed by atoms with Gasteiger partial charge in [-0.1, -0.05) is 0 Å². The summed E-state index contributed by atoms with van der Waals surface area (Å²) in [5.74, 6) is -0.495. The van der Waals surface area contributed by atoms with Gasteiger partial charge in [-0.3, -0.25) is 4.98 Å². The Balaban J connectivity index is 3.14. The van der Waals surface area contributed by atoms with Crippen molar-refractivity contribution >= 4 is 15.9 Å². The third kappa shape index (κ3) is 1.33. The summed E-state index contributed by atoms with van der Waals surface area (Å²) in [5, 5.41) is 8.52. The van der Waals surface area contributed by atoms with Crippen LogP contribution in [0.5, 0.6) is 0 Å². The van der Waals surface area contributed by atoms with Crippen LogP contribution in [0.2, 0.25) is 0 Å². The van der Waals surface area contributed by atoms with Crippen molar-refractivity contribution in [2.75, 3.05) is 0 Å². The molecule has 1 aromatic rings. The summed E-state index contributed by atoms with van der Waals surface area (Å²) in [6.07, 6.45) is 1.43. The number of halogens is 2. The van der Waals surface area contributed by atoms with Gasteiger partial charge in [0, 0.05) is 6.20 Å². The molecule has 54 valence electrons. The molecule has 0 amide bonds. The summed E-state index contributed by atoms with van der Waals surface area (Å²) in [6, 6.07) is 1.48. The zero-order valence-corrected chi connectivity index (χ0v) is 6.60. The number of hydrogen-bond donors (Lipinski definition) is 1. The number of nitrogens with zero attached hydrogens (tertiary/aromatic N) is 1. The lowest BCUT2D eigenvalue weighted by Gasteiger charge is -1.97. The summed E-state index contributed by atoms with van der Waals surface area (Å²) in [4.78, 5) is 3.60. The molecule has 1 rings (SSSR count). The molecule has 0 spiro atoms. The van der Waals surface area contributed by atoms with Crippen LogP contribution in [0.15, 0.2) is 16.7 Å². The van der Waals surface area contributed by atoms with Crippen LogP contribution in [0, 0.1) is 5.82 Å². The molecule has 1 heterocycles. The molecular formula is C6H5BrFNO. The molecule has 2 nitrogen and oxygen atoms in total. The molecule has 0 fully saturated rings. The largest absolute Gasteiger partial charge is 0.390 e. The highest BCUT2D eigenvalue weighted by atomic mass is 79.9. The van der Waals surface area contributed by atoms with E-state index in [1.807, 2.05) is 0 Å². The standard InChI is InChI=1S/C6H5BrFNO/c7-4-1-2-9-5(3-10)6(4)8/h1-2,10H,3H2. The number of aromatic nitrogens is 1. The minimum atomic E-state index is -0.495. The first-order valence-electron chi connectivity index (χ1n) is 2.65. The van der Waals surface area contributed by atoms with E-state index in [0.717, 1.165) is 0 Å². The highest BCUT2D eigenvalue weighted by Gasteiger charge is 2.04. The number of hydrogen-bond acceptors (Lipinski definition) is 2. The van der Waals surface area contributed by atoms with E-state index in [1.165, 1.54) is 12.3 Å². The fourth-order valence-electron chi connectivity index (χ4n) is 0.571. The van der Waals surface area contributed by atoms with Gasteiger partial charge in [-0.2, -0.15) is 0 Å². The molecule has 0 aromatic carbocycles. The van der Waals surface area contributed by atoms with Crippen LogP contribution in [0.1, 0.15) is 5.69 Å². The Labute approximate surface area is 65.8 Å². The first kappa shape index (κ1) is 7.63. The van der Waals surface area contributed by atoms with Gasteiger partial charge in [-0.15, -0.1) is 0 Å². The smallest absolute Gasteiger partial charge is 0.161 e. The molecular weight excluding hydrogens is 201 g/mol. The number of aliphatic hydroxyl groups excluding tert-OH is 1. The molecule has 1 N–H and O–H groups in total. The topological polar surface area (TPSA) is 33.1 Å². The Hall–Kier alpha value is -0.480. The molecule has 0 atom stereocenters. The Morgan fingerprint density at radius 1 is 1.70 bits per heavy atom. The zero-order valence-electron chi connectivity index (χ0n) is 5.01. The average Bonchev–Trinajstić information content (AvgIpc) is 1.95. The molecule has 1 aromatic heterocycles.